The molecule has 3 aromatic rings. The number of carbonyl (C=O) groups is 1. The number of ether oxygens (including phenoxy) is 2. The zero-order chi connectivity index (χ0) is 24.3. The molecule has 2 N–H and O–H groups in total. The molecule has 2 aromatic carbocycles. The van der Waals surface area contributed by atoms with E-state index in [1.807, 2.05) is 44.2 Å². The van der Waals surface area contributed by atoms with Crippen LogP contribution in [0.5, 0.6) is 5.75 Å². The van der Waals surface area contributed by atoms with Crippen molar-refractivity contribution in [3.05, 3.63) is 82.8 Å². The van der Waals surface area contributed by atoms with Gasteiger partial charge in [0.25, 0.3) is 0 Å². The molecule has 9 heteroatoms. The lowest BCUT2D eigenvalue weighted by atomic mass is 10.1. The molecule has 1 aromatic heterocycles. The number of hydrogen-bond donors (Lipinski definition) is 2. The summed E-state index contributed by atoms with van der Waals surface area (Å²) >= 11 is 0. The summed E-state index contributed by atoms with van der Waals surface area (Å²) in [4.78, 5) is 26.5. The number of aromatic nitrogens is 2. The Kier molecular flexibility index (Phi) is 6.18. The van der Waals surface area contributed by atoms with Crippen LogP contribution in [0.2, 0.25) is 0 Å². The molecule has 9 nitrogen and oxygen atoms in total. The standard InChI is InChI=1S/C25H25N5O4/c1-25(2)16-29(24(32)34-25)18-9-10-20(22(15-18)33-3)30-14-12-21(31)23(28-30)19(11-13-26)27-17-7-5-4-6-8-17/h4-15,26-27H,16H2,1-3H3/b19-11-,26-13?. The topological polar surface area (TPSA) is 110 Å². The largest absolute Gasteiger partial charge is 0.494 e. The van der Waals surface area contributed by atoms with Crippen molar-refractivity contribution in [2.45, 2.75) is 19.4 Å². The van der Waals surface area contributed by atoms with Gasteiger partial charge in [-0.1, -0.05) is 18.2 Å². The monoisotopic (exact) mass is 459 g/mol. The van der Waals surface area contributed by atoms with Gasteiger partial charge in [0.2, 0.25) is 5.43 Å². The van der Waals surface area contributed by atoms with Crippen molar-refractivity contribution >= 4 is 29.4 Å². The molecule has 174 valence electrons. The Balaban J connectivity index is 1.72. The molecule has 34 heavy (non-hydrogen) atoms. The summed E-state index contributed by atoms with van der Waals surface area (Å²) in [6.45, 7) is 4.12. The van der Waals surface area contributed by atoms with E-state index >= 15 is 0 Å². The fraction of sp³-hybridized carbons (Fsp3) is 0.200. The molecule has 2 heterocycles. The fourth-order valence-corrected chi connectivity index (χ4v) is 3.66. The van der Waals surface area contributed by atoms with Crippen LogP contribution < -0.4 is 20.4 Å². The number of rotatable bonds is 7. The van der Waals surface area contributed by atoms with E-state index in [9.17, 15) is 9.59 Å². The van der Waals surface area contributed by atoms with E-state index in [0.717, 1.165) is 11.9 Å². The molecule has 0 atom stereocenters. The minimum atomic E-state index is -0.582. The fourth-order valence-electron chi connectivity index (χ4n) is 3.66. The normalized spacial score (nSPS) is 15.1. The molecule has 0 spiro atoms. The molecule has 1 fully saturated rings. The highest BCUT2D eigenvalue weighted by Gasteiger charge is 2.38. The Hall–Kier alpha value is -4.40. The van der Waals surface area contributed by atoms with Gasteiger partial charge in [0.05, 0.1) is 25.0 Å². The van der Waals surface area contributed by atoms with Gasteiger partial charge in [-0.25, -0.2) is 9.48 Å². The van der Waals surface area contributed by atoms with E-state index in [1.54, 1.807) is 29.3 Å². The van der Waals surface area contributed by atoms with Gasteiger partial charge in [0.15, 0.2) is 5.69 Å². The van der Waals surface area contributed by atoms with Crippen LogP contribution in [-0.4, -0.2) is 41.3 Å². The zero-order valence-corrected chi connectivity index (χ0v) is 19.1. The second-order valence-corrected chi connectivity index (χ2v) is 8.28. The summed E-state index contributed by atoms with van der Waals surface area (Å²) < 4.78 is 12.5. The van der Waals surface area contributed by atoms with Gasteiger partial charge in [-0.05, 0) is 44.2 Å². The first-order valence-corrected chi connectivity index (χ1v) is 10.6. The Morgan fingerprint density at radius 3 is 2.59 bits per heavy atom. The van der Waals surface area contributed by atoms with E-state index in [0.29, 0.717) is 29.4 Å². The van der Waals surface area contributed by atoms with Crippen LogP contribution in [0.1, 0.15) is 19.5 Å². The lowest BCUT2D eigenvalue weighted by Crippen LogP contribution is -2.28. The van der Waals surface area contributed by atoms with Crippen molar-refractivity contribution < 1.29 is 14.3 Å². The summed E-state index contributed by atoms with van der Waals surface area (Å²) in [6.07, 6.45) is 3.69. The quantitative estimate of drug-likeness (QED) is 0.515. The van der Waals surface area contributed by atoms with E-state index in [4.69, 9.17) is 14.9 Å². The Labute approximate surface area is 196 Å². The minimum Gasteiger partial charge on any atom is -0.494 e. The van der Waals surface area contributed by atoms with Crippen LogP contribution in [0.25, 0.3) is 11.4 Å². The van der Waals surface area contributed by atoms with Gasteiger partial charge >= 0.3 is 6.09 Å². The van der Waals surface area contributed by atoms with Crippen molar-refractivity contribution in [3.8, 4) is 11.4 Å². The molecule has 1 aliphatic heterocycles. The van der Waals surface area contributed by atoms with Gasteiger partial charge in [-0.3, -0.25) is 9.69 Å². The van der Waals surface area contributed by atoms with Crippen LogP contribution in [-0.2, 0) is 4.74 Å². The van der Waals surface area contributed by atoms with Crippen LogP contribution in [0.4, 0.5) is 16.2 Å². The molecule has 0 saturated carbocycles. The number of allylic oxidation sites excluding steroid dienone is 1. The zero-order valence-electron chi connectivity index (χ0n) is 19.1. The average Bonchev–Trinajstić information content (AvgIpc) is 3.11. The number of amides is 1. The summed E-state index contributed by atoms with van der Waals surface area (Å²) in [5, 5.41) is 15.2. The van der Waals surface area contributed by atoms with E-state index in [2.05, 4.69) is 10.4 Å². The van der Waals surface area contributed by atoms with Crippen molar-refractivity contribution in [3.63, 3.8) is 0 Å². The third-order valence-corrected chi connectivity index (χ3v) is 5.21. The number of para-hydroxylation sites is 1. The highest BCUT2D eigenvalue weighted by atomic mass is 16.6. The predicted octanol–water partition coefficient (Wildman–Crippen LogP) is 4.08. The van der Waals surface area contributed by atoms with E-state index < -0.39 is 11.7 Å². The Morgan fingerprint density at radius 2 is 1.94 bits per heavy atom. The number of hydrogen-bond acceptors (Lipinski definition) is 7. The third-order valence-electron chi connectivity index (χ3n) is 5.21. The van der Waals surface area contributed by atoms with Crippen LogP contribution in [0, 0.1) is 5.41 Å². The van der Waals surface area contributed by atoms with Crippen molar-refractivity contribution in [2.75, 3.05) is 23.9 Å². The first kappa shape index (κ1) is 22.8. The molecule has 1 aliphatic rings. The lowest BCUT2D eigenvalue weighted by molar-refractivity contribution is 0.0871. The van der Waals surface area contributed by atoms with Gasteiger partial charge < -0.3 is 20.2 Å². The maximum atomic E-state index is 12.7. The molecule has 0 bridgehead atoms. The van der Waals surface area contributed by atoms with Gasteiger partial charge in [-0.2, -0.15) is 5.10 Å². The lowest BCUT2D eigenvalue weighted by Gasteiger charge is -2.18. The number of nitrogens with one attached hydrogen (secondary N) is 2. The summed E-state index contributed by atoms with van der Waals surface area (Å²) in [5.41, 5.74) is 1.62. The van der Waals surface area contributed by atoms with Crippen LogP contribution in [0.15, 0.2) is 71.7 Å². The first-order valence-electron chi connectivity index (χ1n) is 10.6. The number of anilines is 2. The maximum absolute atomic E-state index is 12.7. The first-order chi connectivity index (χ1) is 16.3. The number of nitrogens with zero attached hydrogens (tertiary/aromatic N) is 3. The van der Waals surface area contributed by atoms with Crippen LogP contribution >= 0.6 is 0 Å². The summed E-state index contributed by atoms with van der Waals surface area (Å²) in [7, 11) is 1.52. The Morgan fingerprint density at radius 1 is 1.18 bits per heavy atom. The molecule has 0 unspecified atom stereocenters. The summed E-state index contributed by atoms with van der Waals surface area (Å²) in [6, 6.07) is 16.0. The Bertz CT molecular complexity index is 1310. The molecular weight excluding hydrogens is 434 g/mol. The smallest absolute Gasteiger partial charge is 0.415 e. The number of cyclic esters (lactones) is 1. The third kappa shape index (κ3) is 4.68. The molecule has 1 amide bonds. The van der Waals surface area contributed by atoms with Crippen molar-refractivity contribution in [1.29, 1.82) is 5.41 Å². The van der Waals surface area contributed by atoms with Crippen molar-refractivity contribution in [2.24, 2.45) is 0 Å². The number of methoxy groups -OCH3 is 1. The molecule has 0 radical (unpaired) electrons. The highest BCUT2D eigenvalue weighted by Crippen LogP contribution is 2.33. The second kappa shape index (κ2) is 9.22. The number of benzene rings is 2. The molecular formula is C25H25N5O4. The maximum Gasteiger partial charge on any atom is 0.415 e. The minimum absolute atomic E-state index is 0.144. The van der Waals surface area contributed by atoms with Crippen molar-refractivity contribution in [1.82, 2.24) is 9.78 Å². The highest BCUT2D eigenvalue weighted by molar-refractivity contribution is 5.91. The van der Waals surface area contributed by atoms with Gasteiger partial charge in [0, 0.05) is 30.2 Å². The van der Waals surface area contributed by atoms with E-state index in [1.165, 1.54) is 23.9 Å². The summed E-state index contributed by atoms with van der Waals surface area (Å²) in [5.74, 6) is 0.464. The second-order valence-electron chi connectivity index (χ2n) is 8.28. The molecule has 0 aliphatic carbocycles. The van der Waals surface area contributed by atoms with Gasteiger partial charge in [-0.15, -0.1) is 0 Å². The van der Waals surface area contributed by atoms with Crippen LogP contribution in [0.3, 0.4) is 0 Å². The molecule has 4 rings (SSSR count). The SMILES string of the molecule is COc1cc(N2CC(C)(C)OC2=O)ccc1-n1ccc(=O)c(/C(=C/C=N)Nc2ccccc2)n1. The number of carbonyl (C=O) groups excluding carboxylic acids is 1. The van der Waals surface area contributed by atoms with Gasteiger partial charge in [0.1, 0.15) is 17.0 Å². The van der Waals surface area contributed by atoms with E-state index in [-0.39, 0.29) is 11.1 Å². The average molecular weight is 460 g/mol. The molecule has 1 saturated heterocycles. The predicted molar refractivity (Wildman–Crippen MR) is 131 cm³/mol.